The molecule has 0 fully saturated rings. The van der Waals surface area contributed by atoms with E-state index in [1.165, 1.54) is 0 Å². The molecule has 0 aliphatic heterocycles. The minimum atomic E-state index is -5.49. The van der Waals surface area contributed by atoms with Crippen molar-refractivity contribution < 1.29 is 31.3 Å². The predicted molar refractivity (Wildman–Crippen MR) is 40.8 cm³/mol. The van der Waals surface area contributed by atoms with Crippen LogP contribution in [0.2, 0.25) is 0 Å². The lowest BCUT2D eigenvalue weighted by Crippen LogP contribution is -2.15. The second kappa shape index (κ2) is 4.18. The third kappa shape index (κ3) is 2.45. The molecular formula is C7H2F6N2O2. The molecule has 94 valence electrons. The molecule has 0 aliphatic rings. The Hall–Kier alpha value is -1.87. The molecule has 0 radical (unpaired) electrons. The van der Waals surface area contributed by atoms with Gasteiger partial charge in [-0.1, -0.05) is 0 Å². The van der Waals surface area contributed by atoms with Crippen LogP contribution >= 0.6 is 0 Å². The number of pyridine rings is 1. The fourth-order valence-electron chi connectivity index (χ4n) is 1.05. The Bertz CT molecular complexity index is 458. The van der Waals surface area contributed by atoms with Crippen LogP contribution in [0.3, 0.4) is 0 Å². The van der Waals surface area contributed by atoms with Gasteiger partial charge >= 0.3 is 11.9 Å². The summed E-state index contributed by atoms with van der Waals surface area (Å²) in [5.74, 6) is -2.37. The molecule has 0 N–H and O–H groups in total. The SMILES string of the molecule is O=[N+]([O-])c1cnc(C(F)F)c(C(F)(F)F)c1F. The van der Waals surface area contributed by atoms with Crippen molar-refractivity contribution in [1.82, 2.24) is 4.98 Å². The summed E-state index contributed by atoms with van der Waals surface area (Å²) in [7, 11) is 0. The lowest BCUT2D eigenvalue weighted by atomic mass is 10.1. The monoisotopic (exact) mass is 260 g/mol. The maximum atomic E-state index is 13.1. The van der Waals surface area contributed by atoms with E-state index in [0.29, 0.717) is 0 Å². The zero-order chi connectivity index (χ0) is 13.4. The number of hydrogen-bond acceptors (Lipinski definition) is 3. The molecular weight excluding hydrogens is 258 g/mol. The molecule has 0 unspecified atom stereocenters. The first-order valence-electron chi connectivity index (χ1n) is 3.84. The summed E-state index contributed by atoms with van der Waals surface area (Å²) in [5, 5.41) is 10.2. The first-order chi connectivity index (χ1) is 7.66. The van der Waals surface area contributed by atoms with Crippen LogP contribution < -0.4 is 0 Å². The first kappa shape index (κ1) is 13.2. The molecule has 0 amide bonds. The molecule has 17 heavy (non-hydrogen) atoms. The van der Waals surface area contributed by atoms with Crippen LogP contribution in [0.1, 0.15) is 17.7 Å². The van der Waals surface area contributed by atoms with Gasteiger partial charge in [-0.3, -0.25) is 10.1 Å². The number of alkyl halides is 5. The lowest BCUT2D eigenvalue weighted by Gasteiger charge is -2.11. The van der Waals surface area contributed by atoms with Crippen molar-refractivity contribution in [3.63, 3.8) is 0 Å². The van der Waals surface area contributed by atoms with E-state index in [2.05, 4.69) is 4.98 Å². The summed E-state index contributed by atoms with van der Waals surface area (Å²) in [5.41, 5.74) is -5.90. The van der Waals surface area contributed by atoms with Crippen molar-refractivity contribution in [2.45, 2.75) is 12.6 Å². The third-order valence-corrected chi connectivity index (χ3v) is 1.71. The second-order valence-electron chi connectivity index (χ2n) is 2.77. The van der Waals surface area contributed by atoms with Crippen molar-refractivity contribution in [3.05, 3.63) is 33.4 Å². The smallest absolute Gasteiger partial charge is 0.258 e. The Labute approximate surface area is 89.0 Å². The lowest BCUT2D eigenvalue weighted by molar-refractivity contribution is -0.388. The fraction of sp³-hybridized carbons (Fsp3) is 0.286. The highest BCUT2D eigenvalue weighted by Crippen LogP contribution is 2.39. The van der Waals surface area contributed by atoms with Gasteiger partial charge in [-0.05, 0) is 0 Å². The summed E-state index contributed by atoms with van der Waals surface area (Å²) < 4.78 is 74.3. The van der Waals surface area contributed by atoms with Gasteiger partial charge < -0.3 is 0 Å². The molecule has 1 aromatic heterocycles. The van der Waals surface area contributed by atoms with Crippen molar-refractivity contribution in [2.24, 2.45) is 0 Å². The van der Waals surface area contributed by atoms with Crippen LogP contribution in [0.5, 0.6) is 0 Å². The average molecular weight is 260 g/mol. The van der Waals surface area contributed by atoms with E-state index < -0.39 is 40.3 Å². The molecule has 0 atom stereocenters. The highest BCUT2D eigenvalue weighted by Gasteiger charge is 2.43. The van der Waals surface area contributed by atoms with E-state index in [-0.39, 0.29) is 6.20 Å². The van der Waals surface area contributed by atoms with Gasteiger partial charge in [-0.2, -0.15) is 17.6 Å². The summed E-state index contributed by atoms with van der Waals surface area (Å²) in [6.07, 6.45) is -9.16. The Kier molecular flexibility index (Phi) is 3.25. The van der Waals surface area contributed by atoms with E-state index in [4.69, 9.17) is 0 Å². The van der Waals surface area contributed by atoms with Crippen molar-refractivity contribution >= 4 is 5.69 Å². The molecule has 0 bridgehead atoms. The molecule has 0 aliphatic carbocycles. The van der Waals surface area contributed by atoms with Gasteiger partial charge in [0.2, 0.25) is 5.82 Å². The van der Waals surface area contributed by atoms with Gasteiger partial charge in [0.25, 0.3) is 6.43 Å². The molecule has 0 saturated heterocycles. The van der Waals surface area contributed by atoms with Crippen LogP contribution in [-0.2, 0) is 6.18 Å². The van der Waals surface area contributed by atoms with E-state index in [9.17, 15) is 36.5 Å². The highest BCUT2D eigenvalue weighted by molar-refractivity contribution is 5.39. The molecule has 1 rings (SSSR count). The zero-order valence-corrected chi connectivity index (χ0v) is 7.63. The molecule has 0 aromatic carbocycles. The Morgan fingerprint density at radius 2 is 1.88 bits per heavy atom. The predicted octanol–water partition coefficient (Wildman–Crippen LogP) is 3.09. The second-order valence-corrected chi connectivity index (χ2v) is 2.77. The normalized spacial score (nSPS) is 11.9. The minimum absolute atomic E-state index is 0.0199. The standard InChI is InChI=1S/C7H2F6N2O2/c8-4-2(15(16)17)1-14-5(6(9)10)3(4)7(11,12)13/h1,6H. The summed E-state index contributed by atoms with van der Waals surface area (Å²) in [4.78, 5) is 11.2. The van der Waals surface area contributed by atoms with Crippen molar-refractivity contribution in [2.75, 3.05) is 0 Å². The number of aromatic nitrogens is 1. The van der Waals surface area contributed by atoms with Crippen molar-refractivity contribution in [1.29, 1.82) is 0 Å². The number of rotatable bonds is 2. The fourth-order valence-corrected chi connectivity index (χ4v) is 1.05. The number of nitro groups is 1. The van der Waals surface area contributed by atoms with Gasteiger partial charge in [0.15, 0.2) is 0 Å². The molecule has 0 saturated carbocycles. The van der Waals surface area contributed by atoms with Gasteiger partial charge in [0.1, 0.15) is 17.5 Å². The first-order valence-corrected chi connectivity index (χ1v) is 3.84. The van der Waals surface area contributed by atoms with Crippen LogP contribution in [0.15, 0.2) is 6.20 Å². The largest absolute Gasteiger partial charge is 0.421 e. The van der Waals surface area contributed by atoms with E-state index >= 15 is 0 Å². The highest BCUT2D eigenvalue weighted by atomic mass is 19.4. The Morgan fingerprint density at radius 3 is 2.24 bits per heavy atom. The van der Waals surface area contributed by atoms with Crippen LogP contribution in [-0.4, -0.2) is 9.91 Å². The molecule has 0 spiro atoms. The Balaban J connectivity index is 3.59. The number of halogens is 6. The molecule has 1 aromatic rings. The molecule has 1 heterocycles. The van der Waals surface area contributed by atoms with Crippen molar-refractivity contribution in [3.8, 4) is 0 Å². The van der Waals surface area contributed by atoms with Crippen LogP contribution in [0.4, 0.5) is 32.0 Å². The van der Waals surface area contributed by atoms with Gasteiger partial charge in [-0.15, -0.1) is 0 Å². The quantitative estimate of drug-likeness (QED) is 0.466. The maximum absolute atomic E-state index is 13.1. The summed E-state index contributed by atoms with van der Waals surface area (Å²) in [6, 6.07) is 0. The summed E-state index contributed by atoms with van der Waals surface area (Å²) in [6.45, 7) is 0. The molecule has 4 nitrogen and oxygen atoms in total. The Morgan fingerprint density at radius 1 is 1.35 bits per heavy atom. The van der Waals surface area contributed by atoms with Gasteiger partial charge in [0.05, 0.1) is 4.92 Å². The third-order valence-electron chi connectivity index (χ3n) is 1.71. The average Bonchev–Trinajstić information content (AvgIpc) is 2.14. The van der Waals surface area contributed by atoms with Crippen LogP contribution in [0.25, 0.3) is 0 Å². The minimum Gasteiger partial charge on any atom is -0.258 e. The molecule has 10 heteroatoms. The summed E-state index contributed by atoms with van der Waals surface area (Å²) >= 11 is 0. The van der Waals surface area contributed by atoms with E-state index in [1.54, 1.807) is 0 Å². The van der Waals surface area contributed by atoms with E-state index in [1.807, 2.05) is 0 Å². The number of hydrogen-bond donors (Lipinski definition) is 0. The topological polar surface area (TPSA) is 56.0 Å². The van der Waals surface area contributed by atoms with Gasteiger partial charge in [-0.25, -0.2) is 13.8 Å². The maximum Gasteiger partial charge on any atom is 0.421 e. The zero-order valence-electron chi connectivity index (χ0n) is 7.63. The van der Waals surface area contributed by atoms with E-state index in [0.717, 1.165) is 0 Å². The number of nitrogens with zero attached hydrogens (tertiary/aromatic N) is 2. The van der Waals surface area contributed by atoms with Crippen LogP contribution in [0, 0.1) is 15.9 Å². The van der Waals surface area contributed by atoms with Gasteiger partial charge in [0, 0.05) is 0 Å².